The molecule has 9 nitrogen and oxygen atoms in total. The number of rotatable bonds is 19. The van der Waals surface area contributed by atoms with E-state index in [0.717, 1.165) is 6.42 Å². The molecular formula is C34H61NO8. The van der Waals surface area contributed by atoms with Crippen LogP contribution < -0.4 is 0 Å². The first-order valence-corrected chi connectivity index (χ1v) is 15.4. The summed E-state index contributed by atoms with van der Waals surface area (Å²) in [6.45, 7) is 25.4. The predicted molar refractivity (Wildman–Crippen MR) is 169 cm³/mol. The molecule has 43 heavy (non-hydrogen) atoms. The SMILES string of the molecule is C=C(C)C(=O)OC(C)(C)C(CC(C)(C)C(C)(C)C(CC(C)(C)C(C)C(=O)OC)C(=O)OCCN(C)C)C(=O)OCCCC. The highest BCUT2D eigenvalue weighted by molar-refractivity contribution is 5.87. The Morgan fingerprint density at radius 1 is 0.814 bits per heavy atom. The maximum Gasteiger partial charge on any atom is 0.333 e. The Hall–Kier alpha value is -2.42. The lowest BCUT2D eigenvalue weighted by Gasteiger charge is -2.50. The van der Waals surface area contributed by atoms with Gasteiger partial charge in [-0.05, 0) is 70.4 Å². The van der Waals surface area contributed by atoms with E-state index in [-0.39, 0.29) is 37.1 Å². The average Bonchev–Trinajstić information content (AvgIpc) is 2.88. The van der Waals surface area contributed by atoms with E-state index in [1.54, 1.807) is 27.7 Å². The van der Waals surface area contributed by atoms with Gasteiger partial charge in [0.1, 0.15) is 12.2 Å². The molecule has 0 aromatic rings. The van der Waals surface area contributed by atoms with Crippen molar-refractivity contribution >= 4 is 23.9 Å². The maximum absolute atomic E-state index is 13.8. The summed E-state index contributed by atoms with van der Waals surface area (Å²) in [4.78, 5) is 54.5. The standard InChI is InChI=1S/C34H61NO8/c1-16-17-19-41-30(39)26(34(11,12)43-27(36)23(2)3)22-32(7,8)33(9,10)25(29(38)42-20-18-35(13)14)21-31(5,6)24(4)28(37)40-15/h24-26H,2,16-22H2,1,3-15H3. The van der Waals surface area contributed by atoms with Crippen LogP contribution in [0.25, 0.3) is 0 Å². The van der Waals surface area contributed by atoms with Gasteiger partial charge in [0, 0.05) is 12.1 Å². The molecule has 0 aliphatic rings. The molecule has 0 aromatic carbocycles. The fourth-order valence-corrected chi connectivity index (χ4v) is 4.93. The van der Waals surface area contributed by atoms with E-state index < -0.39 is 51.5 Å². The summed E-state index contributed by atoms with van der Waals surface area (Å²) < 4.78 is 22.3. The van der Waals surface area contributed by atoms with Crippen molar-refractivity contribution in [3.05, 3.63) is 12.2 Å². The van der Waals surface area contributed by atoms with E-state index in [4.69, 9.17) is 18.9 Å². The maximum atomic E-state index is 13.8. The molecule has 9 heteroatoms. The van der Waals surface area contributed by atoms with Gasteiger partial charge in [0.05, 0.1) is 31.5 Å². The molecular weight excluding hydrogens is 550 g/mol. The normalized spacial score (nSPS) is 14.9. The molecule has 0 saturated carbocycles. The van der Waals surface area contributed by atoms with E-state index >= 15 is 0 Å². The van der Waals surface area contributed by atoms with Crippen LogP contribution in [0.1, 0.15) is 102 Å². The molecule has 0 rings (SSSR count). The van der Waals surface area contributed by atoms with Crippen molar-refractivity contribution in [1.29, 1.82) is 0 Å². The summed E-state index contributed by atoms with van der Waals surface area (Å²) in [7, 11) is 5.17. The van der Waals surface area contributed by atoms with Crippen LogP contribution in [0.2, 0.25) is 0 Å². The van der Waals surface area contributed by atoms with Crippen LogP contribution >= 0.6 is 0 Å². The number of carbonyl (C=O) groups is 4. The van der Waals surface area contributed by atoms with Crippen LogP contribution in [0.4, 0.5) is 0 Å². The molecule has 250 valence electrons. The number of hydrogen-bond acceptors (Lipinski definition) is 9. The lowest BCUT2D eigenvalue weighted by molar-refractivity contribution is -0.175. The van der Waals surface area contributed by atoms with Gasteiger partial charge < -0.3 is 23.8 Å². The Labute approximate surface area is 261 Å². The lowest BCUT2D eigenvalue weighted by atomic mass is 9.54. The number of methoxy groups -OCH3 is 1. The van der Waals surface area contributed by atoms with Gasteiger partial charge in [-0.3, -0.25) is 14.4 Å². The molecule has 0 saturated heterocycles. The first-order chi connectivity index (χ1) is 19.5. The van der Waals surface area contributed by atoms with Gasteiger partial charge in [-0.25, -0.2) is 4.79 Å². The number of ether oxygens (including phenoxy) is 4. The number of hydrogen-bond donors (Lipinski definition) is 0. The Kier molecular flexibility index (Phi) is 15.7. The lowest BCUT2D eigenvalue weighted by Crippen LogP contribution is -2.50. The zero-order chi connectivity index (χ0) is 34.0. The van der Waals surface area contributed by atoms with Crippen molar-refractivity contribution in [2.45, 2.75) is 107 Å². The monoisotopic (exact) mass is 611 g/mol. The smallest absolute Gasteiger partial charge is 0.333 e. The van der Waals surface area contributed by atoms with Gasteiger partial charge in [0.15, 0.2) is 0 Å². The van der Waals surface area contributed by atoms with Crippen LogP contribution in [0.5, 0.6) is 0 Å². The molecule has 0 aliphatic heterocycles. The first-order valence-electron chi connectivity index (χ1n) is 15.4. The summed E-state index contributed by atoms with van der Waals surface area (Å²) in [6.07, 6.45) is 2.19. The average molecular weight is 612 g/mol. The van der Waals surface area contributed by atoms with Crippen LogP contribution in [-0.2, 0) is 38.1 Å². The van der Waals surface area contributed by atoms with Gasteiger partial charge in [0.2, 0.25) is 0 Å². The zero-order valence-corrected chi connectivity index (χ0v) is 29.6. The van der Waals surface area contributed by atoms with Crippen LogP contribution in [0, 0.1) is 34.0 Å². The van der Waals surface area contributed by atoms with Crippen molar-refractivity contribution in [3.63, 3.8) is 0 Å². The molecule has 0 spiro atoms. The summed E-state index contributed by atoms with van der Waals surface area (Å²) in [6, 6.07) is 0. The highest BCUT2D eigenvalue weighted by Gasteiger charge is 2.53. The first kappa shape index (κ1) is 40.6. The Bertz CT molecular complexity index is 963. The third-order valence-electron chi connectivity index (χ3n) is 9.42. The molecule has 0 heterocycles. The second kappa shape index (κ2) is 16.6. The van der Waals surface area contributed by atoms with E-state index in [2.05, 4.69) is 6.58 Å². The Balaban J connectivity index is 6.71. The minimum absolute atomic E-state index is 0.224. The van der Waals surface area contributed by atoms with Gasteiger partial charge in [0.25, 0.3) is 0 Å². The van der Waals surface area contributed by atoms with Crippen molar-refractivity contribution in [1.82, 2.24) is 4.90 Å². The van der Waals surface area contributed by atoms with E-state index in [9.17, 15) is 19.2 Å². The Morgan fingerprint density at radius 3 is 1.79 bits per heavy atom. The second-order valence-electron chi connectivity index (χ2n) is 14.6. The van der Waals surface area contributed by atoms with E-state index in [0.29, 0.717) is 19.4 Å². The molecule has 3 atom stereocenters. The molecule has 0 aromatic heterocycles. The third-order valence-corrected chi connectivity index (χ3v) is 9.42. The Morgan fingerprint density at radius 2 is 1.33 bits per heavy atom. The summed E-state index contributed by atoms with van der Waals surface area (Å²) in [5.41, 5.74) is -3.02. The van der Waals surface area contributed by atoms with Crippen molar-refractivity contribution in [3.8, 4) is 0 Å². The summed E-state index contributed by atoms with van der Waals surface area (Å²) >= 11 is 0. The molecule has 0 N–H and O–H groups in total. The van der Waals surface area contributed by atoms with E-state index in [1.807, 2.05) is 67.5 Å². The molecule has 0 radical (unpaired) electrons. The summed E-state index contributed by atoms with van der Waals surface area (Å²) in [5, 5.41) is 0. The summed E-state index contributed by atoms with van der Waals surface area (Å²) in [5.74, 6) is -3.69. The van der Waals surface area contributed by atoms with Gasteiger partial charge in [-0.1, -0.05) is 68.4 Å². The number of carbonyl (C=O) groups excluding carboxylic acids is 4. The third kappa shape index (κ3) is 11.9. The number of esters is 4. The fourth-order valence-electron chi connectivity index (χ4n) is 4.93. The molecule has 3 unspecified atom stereocenters. The van der Waals surface area contributed by atoms with Crippen LogP contribution in [0.3, 0.4) is 0 Å². The van der Waals surface area contributed by atoms with Gasteiger partial charge in [-0.15, -0.1) is 0 Å². The molecule has 0 aliphatic carbocycles. The molecule has 0 amide bonds. The molecule has 0 fully saturated rings. The number of likely N-dealkylation sites (N-methyl/N-ethyl adjacent to an activating group) is 1. The quantitative estimate of drug-likeness (QED) is 0.0726. The number of unbranched alkanes of at least 4 members (excludes halogenated alkanes) is 1. The topological polar surface area (TPSA) is 108 Å². The molecule has 0 bridgehead atoms. The fraction of sp³-hybridized carbons (Fsp3) is 0.824. The minimum atomic E-state index is -1.22. The van der Waals surface area contributed by atoms with Crippen molar-refractivity contribution in [2.75, 3.05) is 41.0 Å². The highest BCUT2D eigenvalue weighted by atomic mass is 16.6. The van der Waals surface area contributed by atoms with Crippen LogP contribution in [-0.4, -0.2) is 75.3 Å². The highest BCUT2D eigenvalue weighted by Crippen LogP contribution is 2.54. The minimum Gasteiger partial charge on any atom is -0.469 e. The van der Waals surface area contributed by atoms with Crippen molar-refractivity contribution in [2.24, 2.45) is 34.0 Å². The number of nitrogens with zero attached hydrogens (tertiary/aromatic N) is 1. The van der Waals surface area contributed by atoms with Crippen molar-refractivity contribution < 1.29 is 38.1 Å². The van der Waals surface area contributed by atoms with Crippen LogP contribution in [0.15, 0.2) is 12.2 Å². The second-order valence-corrected chi connectivity index (χ2v) is 14.6. The van der Waals surface area contributed by atoms with Gasteiger partial charge >= 0.3 is 23.9 Å². The zero-order valence-electron chi connectivity index (χ0n) is 29.6. The van der Waals surface area contributed by atoms with E-state index in [1.165, 1.54) is 7.11 Å². The van der Waals surface area contributed by atoms with Gasteiger partial charge in [-0.2, -0.15) is 0 Å². The predicted octanol–water partition coefficient (Wildman–Crippen LogP) is 6.23. The largest absolute Gasteiger partial charge is 0.469 e.